The predicted octanol–water partition coefficient (Wildman–Crippen LogP) is 3.90. The van der Waals surface area contributed by atoms with Gasteiger partial charge in [0.2, 0.25) is 0 Å². The van der Waals surface area contributed by atoms with Crippen molar-refractivity contribution in [2.75, 3.05) is 6.61 Å². The number of hydrogen-bond acceptors (Lipinski definition) is 2. The summed E-state index contributed by atoms with van der Waals surface area (Å²) in [4.78, 5) is 0. The first-order valence-corrected chi connectivity index (χ1v) is 8.01. The summed E-state index contributed by atoms with van der Waals surface area (Å²) < 4.78 is 0. The van der Waals surface area contributed by atoms with Gasteiger partial charge < -0.3 is 10.2 Å². The molecule has 0 heterocycles. The van der Waals surface area contributed by atoms with Crippen LogP contribution in [0.3, 0.4) is 0 Å². The topological polar surface area (TPSA) is 40.5 Å². The summed E-state index contributed by atoms with van der Waals surface area (Å²) >= 11 is 0. The van der Waals surface area contributed by atoms with E-state index in [1.165, 1.54) is 44.9 Å². The van der Waals surface area contributed by atoms with Crippen LogP contribution in [0.25, 0.3) is 0 Å². The molecule has 0 aromatic heterocycles. The van der Waals surface area contributed by atoms with Crippen molar-refractivity contribution in [2.24, 2.45) is 11.8 Å². The van der Waals surface area contributed by atoms with Gasteiger partial charge in [0.1, 0.15) is 0 Å². The molecule has 0 bridgehead atoms. The third-order valence-corrected chi connectivity index (χ3v) is 4.43. The summed E-state index contributed by atoms with van der Waals surface area (Å²) in [5.41, 5.74) is 0. The molecule has 2 nitrogen and oxygen atoms in total. The third kappa shape index (κ3) is 7.38. The van der Waals surface area contributed by atoms with Crippen LogP contribution in [0.4, 0.5) is 0 Å². The van der Waals surface area contributed by atoms with Crippen molar-refractivity contribution < 1.29 is 10.2 Å². The zero-order chi connectivity index (χ0) is 13.2. The number of rotatable bonds is 10. The molecule has 18 heavy (non-hydrogen) atoms. The molecule has 1 rings (SSSR count). The third-order valence-electron chi connectivity index (χ3n) is 4.43. The van der Waals surface area contributed by atoms with Crippen molar-refractivity contribution in [2.45, 2.75) is 83.7 Å². The van der Waals surface area contributed by atoms with Gasteiger partial charge in [-0.25, -0.2) is 0 Å². The maximum Gasteiger partial charge on any atom is 0.0540 e. The second-order valence-electron chi connectivity index (χ2n) is 6.31. The average molecular weight is 256 g/mol. The lowest BCUT2D eigenvalue weighted by atomic mass is 9.96. The van der Waals surface area contributed by atoms with Crippen LogP contribution >= 0.6 is 0 Å². The maximum atomic E-state index is 9.92. The molecule has 0 amide bonds. The minimum Gasteiger partial charge on any atom is -0.396 e. The molecule has 0 spiro atoms. The van der Waals surface area contributed by atoms with Crippen LogP contribution in [-0.4, -0.2) is 22.9 Å². The zero-order valence-corrected chi connectivity index (χ0v) is 12.1. The Hall–Kier alpha value is -0.0800. The van der Waals surface area contributed by atoms with Crippen molar-refractivity contribution in [1.82, 2.24) is 0 Å². The van der Waals surface area contributed by atoms with Gasteiger partial charge in [0.05, 0.1) is 6.10 Å². The summed E-state index contributed by atoms with van der Waals surface area (Å²) in [5, 5.41) is 18.8. The van der Waals surface area contributed by atoms with Crippen LogP contribution in [0.5, 0.6) is 0 Å². The Bertz CT molecular complexity index is 188. The second-order valence-corrected chi connectivity index (χ2v) is 6.31. The highest BCUT2D eigenvalue weighted by Gasteiger charge is 2.16. The molecule has 2 heteroatoms. The summed E-state index contributed by atoms with van der Waals surface area (Å²) in [6.07, 6.45) is 13.4. The van der Waals surface area contributed by atoms with Gasteiger partial charge in [0, 0.05) is 6.61 Å². The lowest BCUT2D eigenvalue weighted by Crippen LogP contribution is -2.08. The van der Waals surface area contributed by atoms with Crippen molar-refractivity contribution in [3.8, 4) is 0 Å². The molecule has 2 N–H and O–H groups in total. The Morgan fingerprint density at radius 1 is 1.00 bits per heavy atom. The van der Waals surface area contributed by atoms with E-state index < -0.39 is 0 Å². The fraction of sp³-hybridized carbons (Fsp3) is 1.00. The van der Waals surface area contributed by atoms with Gasteiger partial charge in [-0.05, 0) is 37.5 Å². The van der Waals surface area contributed by atoms with E-state index in [9.17, 15) is 5.11 Å². The van der Waals surface area contributed by atoms with E-state index in [1.807, 2.05) is 0 Å². The normalized spacial score (nSPS) is 20.2. The molecule has 0 saturated heterocycles. The van der Waals surface area contributed by atoms with Crippen LogP contribution in [0.15, 0.2) is 0 Å². The van der Waals surface area contributed by atoms with Gasteiger partial charge in [-0.15, -0.1) is 0 Å². The highest BCUT2D eigenvalue weighted by Crippen LogP contribution is 2.29. The average Bonchev–Trinajstić information content (AvgIpc) is 2.88. The lowest BCUT2D eigenvalue weighted by molar-refractivity contribution is 0.141. The Kier molecular flexibility index (Phi) is 8.70. The Balaban J connectivity index is 1.88. The summed E-state index contributed by atoms with van der Waals surface area (Å²) in [5.74, 6) is 1.35. The fourth-order valence-corrected chi connectivity index (χ4v) is 3.01. The minimum absolute atomic E-state index is 0.0686. The predicted molar refractivity (Wildman–Crippen MR) is 76.5 cm³/mol. The van der Waals surface area contributed by atoms with Crippen LogP contribution < -0.4 is 0 Å². The number of unbranched alkanes of at least 4 members (excludes halogenated alkanes) is 2. The molecule has 0 radical (unpaired) electrons. The highest BCUT2D eigenvalue weighted by atomic mass is 16.3. The van der Waals surface area contributed by atoms with Gasteiger partial charge in [-0.2, -0.15) is 0 Å². The van der Waals surface area contributed by atoms with Crippen LogP contribution in [0.2, 0.25) is 0 Å². The van der Waals surface area contributed by atoms with E-state index in [4.69, 9.17) is 5.11 Å². The summed E-state index contributed by atoms with van der Waals surface area (Å²) in [6.45, 7) is 2.40. The minimum atomic E-state index is -0.0686. The zero-order valence-electron chi connectivity index (χ0n) is 12.1. The van der Waals surface area contributed by atoms with Gasteiger partial charge >= 0.3 is 0 Å². The molecular weight excluding hydrogens is 224 g/mol. The fourth-order valence-electron chi connectivity index (χ4n) is 3.01. The molecule has 2 unspecified atom stereocenters. The smallest absolute Gasteiger partial charge is 0.0540 e. The standard InChI is InChI=1S/C16H32O2/c1-14(13-17)7-3-2-4-10-16(18)12-11-15-8-5-6-9-15/h14-18H,2-13H2,1H3. The number of aliphatic hydroxyl groups excluding tert-OH is 2. The van der Waals surface area contributed by atoms with Crippen LogP contribution in [-0.2, 0) is 0 Å². The van der Waals surface area contributed by atoms with Crippen molar-refractivity contribution >= 4 is 0 Å². The van der Waals surface area contributed by atoms with E-state index in [0.29, 0.717) is 12.5 Å². The first-order chi connectivity index (χ1) is 8.72. The van der Waals surface area contributed by atoms with Crippen LogP contribution in [0, 0.1) is 11.8 Å². The van der Waals surface area contributed by atoms with Crippen molar-refractivity contribution in [1.29, 1.82) is 0 Å². The van der Waals surface area contributed by atoms with Gasteiger partial charge in [0.15, 0.2) is 0 Å². The first kappa shape index (κ1) is 16.0. The van der Waals surface area contributed by atoms with E-state index >= 15 is 0 Å². The van der Waals surface area contributed by atoms with Gasteiger partial charge in [-0.3, -0.25) is 0 Å². The van der Waals surface area contributed by atoms with E-state index in [0.717, 1.165) is 31.6 Å². The summed E-state index contributed by atoms with van der Waals surface area (Å²) in [7, 11) is 0. The monoisotopic (exact) mass is 256 g/mol. The van der Waals surface area contributed by atoms with Gasteiger partial charge in [0.25, 0.3) is 0 Å². The first-order valence-electron chi connectivity index (χ1n) is 8.01. The van der Waals surface area contributed by atoms with Gasteiger partial charge in [-0.1, -0.05) is 51.9 Å². The maximum absolute atomic E-state index is 9.92. The van der Waals surface area contributed by atoms with Crippen molar-refractivity contribution in [3.63, 3.8) is 0 Å². The summed E-state index contributed by atoms with van der Waals surface area (Å²) in [6, 6.07) is 0. The number of aliphatic hydroxyl groups is 2. The highest BCUT2D eigenvalue weighted by molar-refractivity contribution is 4.69. The molecule has 0 aromatic carbocycles. The molecule has 1 aliphatic carbocycles. The second kappa shape index (κ2) is 9.80. The van der Waals surface area contributed by atoms with Crippen molar-refractivity contribution in [3.05, 3.63) is 0 Å². The molecule has 0 aliphatic heterocycles. The quantitative estimate of drug-likeness (QED) is 0.582. The largest absolute Gasteiger partial charge is 0.396 e. The molecule has 0 aromatic rings. The SMILES string of the molecule is CC(CO)CCCCCC(O)CCC1CCCC1. The van der Waals surface area contributed by atoms with E-state index in [2.05, 4.69) is 6.92 Å². The Morgan fingerprint density at radius 2 is 1.67 bits per heavy atom. The van der Waals surface area contributed by atoms with E-state index in [1.54, 1.807) is 0 Å². The Labute approximate surface area is 113 Å². The van der Waals surface area contributed by atoms with Crippen LogP contribution in [0.1, 0.15) is 77.6 Å². The molecule has 108 valence electrons. The number of hydrogen-bond donors (Lipinski definition) is 2. The molecule has 2 atom stereocenters. The molecule has 1 fully saturated rings. The van der Waals surface area contributed by atoms with E-state index in [-0.39, 0.29) is 6.10 Å². The molecular formula is C16H32O2. The lowest BCUT2D eigenvalue weighted by Gasteiger charge is -2.14. The molecule has 1 saturated carbocycles. The Morgan fingerprint density at radius 3 is 2.33 bits per heavy atom. The molecule has 1 aliphatic rings.